The van der Waals surface area contributed by atoms with Gasteiger partial charge in [0.15, 0.2) is 0 Å². The van der Waals surface area contributed by atoms with Crippen molar-refractivity contribution in [2.24, 2.45) is 0 Å². The molecule has 0 aromatic carbocycles. The van der Waals surface area contributed by atoms with E-state index < -0.39 is 0 Å². The van der Waals surface area contributed by atoms with Gasteiger partial charge in [-0.3, -0.25) is 0 Å². The minimum Gasteiger partial charge on any atom is -0.464 e. The Morgan fingerprint density at radius 1 is 1.53 bits per heavy atom. The molecule has 0 saturated carbocycles. The molecule has 5 nitrogen and oxygen atoms in total. The zero-order valence-corrected chi connectivity index (χ0v) is 9.72. The minimum absolute atomic E-state index is 0.0410. The molecule has 0 fully saturated rings. The Balaban J connectivity index is 2.13. The van der Waals surface area contributed by atoms with Gasteiger partial charge in [-0.05, 0) is 18.6 Å². The van der Waals surface area contributed by atoms with Crippen molar-refractivity contribution >= 4 is 16.8 Å². The van der Waals surface area contributed by atoms with Crippen LogP contribution in [0.25, 0.3) is 11.0 Å². The van der Waals surface area contributed by atoms with E-state index in [1.54, 1.807) is 19.6 Å². The van der Waals surface area contributed by atoms with Crippen molar-refractivity contribution < 1.29 is 14.3 Å². The third kappa shape index (κ3) is 2.75. The zero-order chi connectivity index (χ0) is 12.1. The summed E-state index contributed by atoms with van der Waals surface area (Å²) in [6.07, 6.45) is 4.03. The topological polar surface area (TPSA) is 67.5 Å². The predicted molar refractivity (Wildman–Crippen MR) is 65.0 cm³/mol. The second kappa shape index (κ2) is 5.65. The molecule has 17 heavy (non-hydrogen) atoms. The van der Waals surface area contributed by atoms with E-state index in [0.717, 1.165) is 23.2 Å². The number of anilines is 1. The Labute approximate surface area is 99.4 Å². The van der Waals surface area contributed by atoms with Crippen molar-refractivity contribution in [1.82, 2.24) is 4.98 Å². The lowest BCUT2D eigenvalue weighted by Gasteiger charge is -2.16. The zero-order valence-electron chi connectivity index (χ0n) is 9.72. The van der Waals surface area contributed by atoms with Crippen LogP contribution in [0.3, 0.4) is 0 Å². The van der Waals surface area contributed by atoms with Gasteiger partial charge in [0.25, 0.3) is 0 Å². The van der Waals surface area contributed by atoms with Crippen molar-refractivity contribution in [2.75, 3.05) is 25.6 Å². The highest BCUT2D eigenvalue weighted by molar-refractivity contribution is 5.87. The van der Waals surface area contributed by atoms with Crippen molar-refractivity contribution in [2.45, 2.75) is 12.5 Å². The van der Waals surface area contributed by atoms with Crippen molar-refractivity contribution in [1.29, 1.82) is 0 Å². The first-order chi connectivity index (χ1) is 8.35. The molecule has 1 unspecified atom stereocenters. The number of furan rings is 1. The fraction of sp³-hybridized carbons (Fsp3) is 0.417. The van der Waals surface area contributed by atoms with Crippen LogP contribution in [0.15, 0.2) is 29.0 Å². The van der Waals surface area contributed by atoms with Gasteiger partial charge in [-0.25, -0.2) is 4.98 Å². The summed E-state index contributed by atoms with van der Waals surface area (Å²) in [7, 11) is 1.64. The lowest BCUT2D eigenvalue weighted by Crippen LogP contribution is -2.25. The van der Waals surface area contributed by atoms with Crippen molar-refractivity contribution in [3.05, 3.63) is 24.6 Å². The molecule has 5 heteroatoms. The summed E-state index contributed by atoms with van der Waals surface area (Å²) in [4.78, 5) is 4.25. The van der Waals surface area contributed by atoms with Crippen LogP contribution in [0.5, 0.6) is 0 Å². The normalized spacial score (nSPS) is 12.8. The van der Waals surface area contributed by atoms with Crippen LogP contribution in [-0.2, 0) is 4.74 Å². The van der Waals surface area contributed by atoms with Gasteiger partial charge in [0.1, 0.15) is 11.4 Å². The third-order valence-corrected chi connectivity index (χ3v) is 2.61. The molecule has 2 aromatic rings. The van der Waals surface area contributed by atoms with Crippen LogP contribution < -0.4 is 5.32 Å². The van der Waals surface area contributed by atoms with Gasteiger partial charge in [0.2, 0.25) is 0 Å². The van der Waals surface area contributed by atoms with Gasteiger partial charge in [0.05, 0.1) is 24.3 Å². The maximum absolute atomic E-state index is 9.27. The summed E-state index contributed by atoms with van der Waals surface area (Å²) >= 11 is 0. The lowest BCUT2D eigenvalue weighted by atomic mass is 10.2. The molecule has 0 bridgehead atoms. The number of nitrogens with one attached hydrogen (secondary N) is 1. The van der Waals surface area contributed by atoms with Crippen LogP contribution in [0.4, 0.5) is 5.82 Å². The molecule has 2 heterocycles. The van der Waals surface area contributed by atoms with E-state index in [0.29, 0.717) is 6.61 Å². The van der Waals surface area contributed by atoms with Gasteiger partial charge >= 0.3 is 0 Å². The fourth-order valence-corrected chi connectivity index (χ4v) is 1.67. The number of aliphatic hydroxyl groups excluding tert-OH is 1. The Morgan fingerprint density at radius 2 is 2.41 bits per heavy atom. The monoisotopic (exact) mass is 236 g/mol. The van der Waals surface area contributed by atoms with Gasteiger partial charge in [-0.2, -0.15) is 0 Å². The summed E-state index contributed by atoms with van der Waals surface area (Å²) in [5.74, 6) is 0.728. The molecule has 0 radical (unpaired) electrons. The van der Waals surface area contributed by atoms with Crippen LogP contribution in [-0.4, -0.2) is 36.5 Å². The standard InChI is InChI=1S/C12H16N2O3/c1-16-6-3-9(8-15)14-12-10-4-7-17-11(10)2-5-13-12/h2,4-5,7,9,15H,3,6,8H2,1H3,(H,13,14). The number of rotatable bonds is 6. The summed E-state index contributed by atoms with van der Waals surface area (Å²) in [6.45, 7) is 0.638. The number of ether oxygens (including phenoxy) is 1. The van der Waals surface area contributed by atoms with E-state index in [-0.39, 0.29) is 12.6 Å². The first kappa shape index (κ1) is 11.9. The molecule has 2 aromatic heterocycles. The summed E-state index contributed by atoms with van der Waals surface area (Å²) in [6, 6.07) is 3.60. The average molecular weight is 236 g/mol. The van der Waals surface area contributed by atoms with Crippen molar-refractivity contribution in [3.8, 4) is 0 Å². The summed E-state index contributed by atoms with van der Waals surface area (Å²) in [5.41, 5.74) is 0.783. The van der Waals surface area contributed by atoms with E-state index in [1.165, 1.54) is 0 Å². The van der Waals surface area contributed by atoms with E-state index in [2.05, 4.69) is 10.3 Å². The number of methoxy groups -OCH3 is 1. The molecule has 1 atom stereocenters. The van der Waals surface area contributed by atoms with Gasteiger partial charge < -0.3 is 19.6 Å². The van der Waals surface area contributed by atoms with E-state index in [1.807, 2.05) is 12.1 Å². The number of aromatic nitrogens is 1. The Bertz CT molecular complexity index is 469. The molecule has 0 aliphatic carbocycles. The highest BCUT2D eigenvalue weighted by Gasteiger charge is 2.10. The SMILES string of the molecule is COCCC(CO)Nc1nccc2occc12. The fourth-order valence-electron chi connectivity index (χ4n) is 1.67. The molecule has 0 aliphatic rings. The molecule has 0 saturated heterocycles. The second-order valence-corrected chi connectivity index (χ2v) is 3.80. The number of nitrogens with zero attached hydrogens (tertiary/aromatic N) is 1. The van der Waals surface area contributed by atoms with Crippen molar-refractivity contribution in [3.63, 3.8) is 0 Å². The smallest absolute Gasteiger partial charge is 0.139 e. The number of aliphatic hydroxyl groups is 1. The molecule has 2 rings (SSSR count). The summed E-state index contributed by atoms with van der Waals surface area (Å²) < 4.78 is 10.3. The summed E-state index contributed by atoms with van der Waals surface area (Å²) in [5, 5.41) is 13.4. The quantitative estimate of drug-likeness (QED) is 0.798. The van der Waals surface area contributed by atoms with Crippen LogP contribution >= 0.6 is 0 Å². The molecule has 0 spiro atoms. The highest BCUT2D eigenvalue weighted by Crippen LogP contribution is 2.22. The van der Waals surface area contributed by atoms with E-state index >= 15 is 0 Å². The largest absolute Gasteiger partial charge is 0.464 e. The Morgan fingerprint density at radius 3 is 3.18 bits per heavy atom. The first-order valence-electron chi connectivity index (χ1n) is 5.53. The molecule has 0 amide bonds. The number of pyridine rings is 1. The Hall–Kier alpha value is -1.59. The predicted octanol–water partition coefficient (Wildman–Crippen LogP) is 1.64. The molecule has 2 N–H and O–H groups in total. The molecule has 0 aliphatic heterocycles. The maximum atomic E-state index is 9.27. The molecular weight excluding hydrogens is 220 g/mol. The van der Waals surface area contributed by atoms with E-state index in [4.69, 9.17) is 9.15 Å². The molecule has 92 valence electrons. The highest BCUT2D eigenvalue weighted by atomic mass is 16.5. The number of hydrogen-bond donors (Lipinski definition) is 2. The molecular formula is C12H16N2O3. The van der Waals surface area contributed by atoms with Gasteiger partial charge in [0, 0.05) is 19.9 Å². The number of hydrogen-bond acceptors (Lipinski definition) is 5. The van der Waals surface area contributed by atoms with Crippen LogP contribution in [0, 0.1) is 0 Å². The second-order valence-electron chi connectivity index (χ2n) is 3.80. The maximum Gasteiger partial charge on any atom is 0.139 e. The minimum atomic E-state index is -0.0667. The number of fused-ring (bicyclic) bond motifs is 1. The van der Waals surface area contributed by atoms with Crippen LogP contribution in [0.1, 0.15) is 6.42 Å². The van der Waals surface area contributed by atoms with E-state index in [9.17, 15) is 5.11 Å². The first-order valence-corrected chi connectivity index (χ1v) is 5.53. The van der Waals surface area contributed by atoms with Gasteiger partial charge in [-0.15, -0.1) is 0 Å². The van der Waals surface area contributed by atoms with Crippen LogP contribution in [0.2, 0.25) is 0 Å². The third-order valence-electron chi connectivity index (χ3n) is 2.61. The lowest BCUT2D eigenvalue weighted by molar-refractivity contribution is 0.174. The Kier molecular flexibility index (Phi) is 3.95. The average Bonchev–Trinajstić information content (AvgIpc) is 2.83. The van der Waals surface area contributed by atoms with Gasteiger partial charge in [-0.1, -0.05) is 0 Å².